The highest BCUT2D eigenvalue weighted by atomic mass is 19.3. The predicted octanol–water partition coefficient (Wildman–Crippen LogP) is 4.51. The Labute approximate surface area is 124 Å². The second kappa shape index (κ2) is 4.83. The molecule has 3 nitrogen and oxygen atoms in total. The van der Waals surface area contributed by atoms with Crippen LogP contribution in [0.3, 0.4) is 0 Å². The van der Waals surface area contributed by atoms with Crippen molar-refractivity contribution < 1.29 is 13.2 Å². The van der Waals surface area contributed by atoms with Crippen LogP contribution in [0.15, 0.2) is 36.5 Å². The van der Waals surface area contributed by atoms with Gasteiger partial charge >= 0.3 is 0 Å². The third-order valence-electron chi connectivity index (χ3n) is 3.91. The van der Waals surface area contributed by atoms with Gasteiger partial charge in [0.25, 0.3) is 6.43 Å². The molecule has 2 aromatic heterocycles. The van der Waals surface area contributed by atoms with Crippen LogP contribution in [0.4, 0.5) is 13.2 Å². The van der Waals surface area contributed by atoms with Gasteiger partial charge in [0.05, 0.1) is 17.4 Å². The van der Waals surface area contributed by atoms with Crippen molar-refractivity contribution in [3.8, 4) is 11.3 Å². The van der Waals surface area contributed by atoms with Crippen molar-refractivity contribution in [1.29, 1.82) is 0 Å². The standard InChI is InChI=1S/C16H12F3N3/c17-11-2-1-9-6-14(22(12-3-4-12)15(9)7-11)10-5-13(16(18)19)21-20-8-10/h1-2,5-8,12,16H,3-4H2. The molecule has 0 N–H and O–H groups in total. The van der Waals surface area contributed by atoms with Gasteiger partial charge in [0, 0.05) is 17.0 Å². The van der Waals surface area contributed by atoms with E-state index in [9.17, 15) is 13.2 Å². The normalized spacial score (nSPS) is 14.9. The molecule has 0 saturated heterocycles. The van der Waals surface area contributed by atoms with Crippen molar-refractivity contribution in [2.45, 2.75) is 25.3 Å². The molecular formula is C16H12F3N3. The van der Waals surface area contributed by atoms with Crippen molar-refractivity contribution in [3.63, 3.8) is 0 Å². The molecule has 6 heteroatoms. The summed E-state index contributed by atoms with van der Waals surface area (Å²) in [6, 6.07) is 8.12. The minimum atomic E-state index is -2.66. The Balaban J connectivity index is 1.94. The molecule has 1 aliphatic rings. The number of benzene rings is 1. The highest BCUT2D eigenvalue weighted by Gasteiger charge is 2.28. The molecule has 3 aromatic rings. The maximum atomic E-state index is 13.5. The molecule has 0 amide bonds. The fourth-order valence-electron chi connectivity index (χ4n) is 2.77. The van der Waals surface area contributed by atoms with E-state index in [1.54, 1.807) is 6.07 Å². The first-order valence-electron chi connectivity index (χ1n) is 7.05. The Bertz CT molecular complexity index is 853. The molecule has 22 heavy (non-hydrogen) atoms. The maximum Gasteiger partial charge on any atom is 0.282 e. The minimum Gasteiger partial charge on any atom is -0.337 e. The van der Waals surface area contributed by atoms with Crippen LogP contribution in [0.2, 0.25) is 0 Å². The highest BCUT2D eigenvalue weighted by molar-refractivity contribution is 5.87. The molecule has 0 atom stereocenters. The lowest BCUT2D eigenvalue weighted by atomic mass is 10.2. The summed E-state index contributed by atoms with van der Waals surface area (Å²) in [5.41, 5.74) is 1.79. The summed E-state index contributed by atoms with van der Waals surface area (Å²) in [6.07, 6.45) is 0.819. The lowest BCUT2D eigenvalue weighted by Crippen LogP contribution is -1.99. The van der Waals surface area contributed by atoms with Crippen LogP contribution in [0.25, 0.3) is 22.2 Å². The van der Waals surface area contributed by atoms with E-state index >= 15 is 0 Å². The van der Waals surface area contributed by atoms with Gasteiger partial charge in [0.15, 0.2) is 0 Å². The number of nitrogens with zero attached hydrogens (tertiary/aromatic N) is 3. The van der Waals surface area contributed by atoms with Gasteiger partial charge in [-0.05, 0) is 43.2 Å². The highest BCUT2D eigenvalue weighted by Crippen LogP contribution is 2.42. The van der Waals surface area contributed by atoms with E-state index in [2.05, 4.69) is 10.2 Å². The monoisotopic (exact) mass is 303 g/mol. The molecule has 1 fully saturated rings. The number of aromatic nitrogens is 3. The smallest absolute Gasteiger partial charge is 0.282 e. The van der Waals surface area contributed by atoms with Crippen molar-refractivity contribution in [1.82, 2.24) is 14.8 Å². The van der Waals surface area contributed by atoms with Crippen LogP contribution >= 0.6 is 0 Å². The maximum absolute atomic E-state index is 13.5. The Morgan fingerprint density at radius 2 is 1.95 bits per heavy atom. The lowest BCUT2D eigenvalue weighted by Gasteiger charge is -2.10. The molecule has 0 radical (unpaired) electrons. The summed E-state index contributed by atoms with van der Waals surface area (Å²) in [5.74, 6) is -0.305. The SMILES string of the molecule is Fc1ccc2cc(-c3cnnc(C(F)F)c3)n(C3CC3)c2c1. The van der Waals surface area contributed by atoms with Gasteiger partial charge in [-0.15, -0.1) is 5.10 Å². The fourth-order valence-corrected chi connectivity index (χ4v) is 2.77. The zero-order chi connectivity index (χ0) is 15.3. The molecule has 0 bridgehead atoms. The van der Waals surface area contributed by atoms with Gasteiger partial charge in [-0.3, -0.25) is 0 Å². The first-order chi connectivity index (χ1) is 10.6. The van der Waals surface area contributed by atoms with Crippen LogP contribution in [0, 0.1) is 5.82 Å². The summed E-state index contributed by atoms with van der Waals surface area (Å²) < 4.78 is 41.2. The number of hydrogen-bond donors (Lipinski definition) is 0. The van der Waals surface area contributed by atoms with E-state index in [1.165, 1.54) is 24.4 Å². The van der Waals surface area contributed by atoms with Crippen molar-refractivity contribution in [3.05, 3.63) is 48.0 Å². The molecule has 1 aromatic carbocycles. The van der Waals surface area contributed by atoms with E-state index in [-0.39, 0.29) is 17.6 Å². The average molecular weight is 303 g/mol. The Morgan fingerprint density at radius 3 is 2.68 bits per heavy atom. The van der Waals surface area contributed by atoms with E-state index in [0.29, 0.717) is 5.56 Å². The quantitative estimate of drug-likeness (QED) is 0.712. The fraction of sp³-hybridized carbons (Fsp3) is 0.250. The zero-order valence-corrected chi connectivity index (χ0v) is 11.5. The van der Waals surface area contributed by atoms with Gasteiger partial charge in [-0.2, -0.15) is 5.10 Å². The van der Waals surface area contributed by atoms with Crippen LogP contribution in [-0.4, -0.2) is 14.8 Å². The third kappa shape index (κ3) is 2.15. The van der Waals surface area contributed by atoms with Crippen LogP contribution < -0.4 is 0 Å². The van der Waals surface area contributed by atoms with E-state index < -0.39 is 6.43 Å². The molecule has 1 aliphatic carbocycles. The van der Waals surface area contributed by atoms with Crippen molar-refractivity contribution >= 4 is 10.9 Å². The molecule has 0 unspecified atom stereocenters. The van der Waals surface area contributed by atoms with E-state index in [1.807, 2.05) is 10.6 Å². The van der Waals surface area contributed by atoms with Gasteiger partial charge in [-0.1, -0.05) is 0 Å². The summed E-state index contributed by atoms with van der Waals surface area (Å²) in [4.78, 5) is 0. The molecule has 0 aliphatic heterocycles. The van der Waals surface area contributed by atoms with Crippen molar-refractivity contribution in [2.75, 3.05) is 0 Å². The molecular weight excluding hydrogens is 291 g/mol. The number of rotatable bonds is 3. The number of fused-ring (bicyclic) bond motifs is 1. The minimum absolute atomic E-state index is 0.289. The zero-order valence-electron chi connectivity index (χ0n) is 11.5. The third-order valence-corrected chi connectivity index (χ3v) is 3.91. The molecule has 2 heterocycles. The first kappa shape index (κ1) is 13.3. The Hall–Kier alpha value is -2.37. The largest absolute Gasteiger partial charge is 0.337 e. The molecule has 0 spiro atoms. The Kier molecular flexibility index (Phi) is 2.92. The van der Waals surface area contributed by atoms with Crippen molar-refractivity contribution in [2.24, 2.45) is 0 Å². The van der Waals surface area contributed by atoms with Crippen LogP contribution in [0.5, 0.6) is 0 Å². The van der Waals surface area contributed by atoms with E-state index in [4.69, 9.17) is 0 Å². The number of hydrogen-bond acceptors (Lipinski definition) is 2. The lowest BCUT2D eigenvalue weighted by molar-refractivity contribution is 0.145. The molecule has 1 saturated carbocycles. The number of halogens is 3. The second-order valence-corrected chi connectivity index (χ2v) is 5.50. The summed E-state index contributed by atoms with van der Waals surface area (Å²) in [5, 5.41) is 8.01. The van der Waals surface area contributed by atoms with E-state index in [0.717, 1.165) is 29.4 Å². The molecule has 112 valence electrons. The number of alkyl halides is 2. The summed E-state index contributed by atoms with van der Waals surface area (Å²) in [6.45, 7) is 0. The van der Waals surface area contributed by atoms with Crippen LogP contribution in [0.1, 0.15) is 31.0 Å². The molecule has 4 rings (SSSR count). The topological polar surface area (TPSA) is 30.7 Å². The summed E-state index contributed by atoms with van der Waals surface area (Å²) in [7, 11) is 0. The van der Waals surface area contributed by atoms with Gasteiger partial charge in [-0.25, -0.2) is 13.2 Å². The summed E-state index contributed by atoms with van der Waals surface area (Å²) >= 11 is 0. The predicted molar refractivity (Wildman–Crippen MR) is 76.2 cm³/mol. The first-order valence-corrected chi connectivity index (χ1v) is 7.05. The average Bonchev–Trinajstić information content (AvgIpc) is 3.28. The van der Waals surface area contributed by atoms with Gasteiger partial charge < -0.3 is 4.57 Å². The van der Waals surface area contributed by atoms with Gasteiger partial charge in [0.2, 0.25) is 0 Å². The van der Waals surface area contributed by atoms with Crippen LogP contribution in [-0.2, 0) is 0 Å². The second-order valence-electron chi connectivity index (χ2n) is 5.50. The van der Waals surface area contributed by atoms with Gasteiger partial charge in [0.1, 0.15) is 11.5 Å². The Morgan fingerprint density at radius 1 is 1.14 bits per heavy atom.